The van der Waals surface area contributed by atoms with Crippen molar-refractivity contribution in [2.24, 2.45) is 0 Å². The molecule has 3 nitrogen and oxygen atoms in total. The number of benzene rings is 4. The summed E-state index contributed by atoms with van der Waals surface area (Å²) in [5.74, 6) is 1.77. The first kappa shape index (κ1) is 27.9. The summed E-state index contributed by atoms with van der Waals surface area (Å²) in [7, 11) is -2.04. The van der Waals surface area contributed by atoms with Gasteiger partial charge in [-0.15, -0.1) is 0 Å². The first-order valence-electron chi connectivity index (χ1n) is 15.0. The fourth-order valence-electron chi connectivity index (χ4n) is 6.03. The molecule has 0 aliphatic heterocycles. The van der Waals surface area contributed by atoms with E-state index in [1.165, 1.54) is 27.2 Å². The Bertz CT molecular complexity index is 1840. The Morgan fingerprint density at radius 2 is 1.21 bits per heavy atom. The smallest absolute Gasteiger partial charge is 0.145 e. The second-order valence-corrected chi connectivity index (χ2v) is 16.8. The van der Waals surface area contributed by atoms with Crippen LogP contribution >= 0.6 is 0 Å². The minimum atomic E-state index is -2.04. The van der Waals surface area contributed by atoms with E-state index in [2.05, 4.69) is 153 Å². The molecule has 0 atom stereocenters. The van der Waals surface area contributed by atoms with Crippen LogP contribution in [0.5, 0.6) is 0 Å². The van der Waals surface area contributed by atoms with Crippen molar-refractivity contribution in [2.75, 3.05) is 0 Å². The molecule has 0 unspecified atom stereocenters. The predicted octanol–water partition coefficient (Wildman–Crippen LogP) is 8.82. The molecule has 2 heterocycles. The molecule has 0 amide bonds. The van der Waals surface area contributed by atoms with Gasteiger partial charge < -0.3 is 0 Å². The van der Waals surface area contributed by atoms with E-state index in [0.717, 1.165) is 33.7 Å². The highest BCUT2D eigenvalue weighted by Gasteiger charge is 2.28. The summed E-state index contributed by atoms with van der Waals surface area (Å²) in [6, 6.07) is 39.5. The van der Waals surface area contributed by atoms with E-state index in [9.17, 15) is 0 Å². The van der Waals surface area contributed by atoms with Gasteiger partial charge in [-0.1, -0.05) is 136 Å². The van der Waals surface area contributed by atoms with Gasteiger partial charge in [0.1, 0.15) is 13.9 Å². The quantitative estimate of drug-likeness (QED) is 0.181. The number of aromatic nitrogens is 3. The highest BCUT2D eigenvalue weighted by molar-refractivity contribution is 7.00. The average molecular weight is 566 g/mol. The number of imidazole rings is 1. The van der Waals surface area contributed by atoms with Gasteiger partial charge in [-0.05, 0) is 52.8 Å². The van der Waals surface area contributed by atoms with Gasteiger partial charge >= 0.3 is 0 Å². The molecule has 0 fully saturated rings. The van der Waals surface area contributed by atoms with E-state index in [4.69, 9.17) is 4.98 Å². The molecule has 0 saturated heterocycles. The Morgan fingerprint density at radius 3 is 1.86 bits per heavy atom. The highest BCUT2D eigenvalue weighted by atomic mass is 28.3. The summed E-state index contributed by atoms with van der Waals surface area (Å²) >= 11 is 0. The summed E-state index contributed by atoms with van der Waals surface area (Å²) in [6.45, 7) is 14.0. The lowest BCUT2D eigenvalue weighted by Crippen LogP contribution is -2.52. The van der Waals surface area contributed by atoms with Crippen LogP contribution in [0, 0.1) is 0 Å². The van der Waals surface area contributed by atoms with Crippen LogP contribution < -0.4 is 10.4 Å². The van der Waals surface area contributed by atoms with Crippen LogP contribution in [-0.2, 0) is 0 Å². The van der Waals surface area contributed by atoms with Crippen molar-refractivity contribution in [3.8, 4) is 28.3 Å². The third-order valence-electron chi connectivity index (χ3n) is 8.51. The van der Waals surface area contributed by atoms with Crippen molar-refractivity contribution >= 4 is 29.5 Å². The van der Waals surface area contributed by atoms with Gasteiger partial charge in [0.2, 0.25) is 0 Å². The van der Waals surface area contributed by atoms with Crippen molar-refractivity contribution in [3.05, 3.63) is 127 Å². The van der Waals surface area contributed by atoms with Gasteiger partial charge in [0.25, 0.3) is 0 Å². The van der Waals surface area contributed by atoms with Gasteiger partial charge in [0, 0.05) is 11.8 Å². The molecule has 0 radical (unpaired) electrons. The molecule has 6 rings (SSSR count). The first-order valence-corrected chi connectivity index (χ1v) is 18.0. The monoisotopic (exact) mass is 565 g/mol. The Balaban J connectivity index is 1.53. The van der Waals surface area contributed by atoms with Crippen molar-refractivity contribution in [1.82, 2.24) is 14.5 Å². The zero-order chi connectivity index (χ0) is 29.4. The summed E-state index contributed by atoms with van der Waals surface area (Å²) in [4.78, 5) is 9.88. The Kier molecular flexibility index (Phi) is 7.42. The molecule has 6 aromatic rings. The molecule has 0 aliphatic carbocycles. The fourth-order valence-corrected chi connectivity index (χ4v) is 8.42. The number of nitrogens with zero attached hydrogens (tertiary/aromatic N) is 3. The van der Waals surface area contributed by atoms with Crippen molar-refractivity contribution < 1.29 is 0 Å². The standard InChI is InChI=1S/C38H39N3Si/c1-26(2)32-18-13-19-33(27(3)4)37(32)41-36-22-8-7-21-35(36)40-38(41)29-15-12-17-31(25-29)42(5,6)30-16-11-14-28(24-30)34-20-9-10-23-39-34/h7-27H,1-6H3. The Hall–Kier alpha value is -4.28. The van der Waals surface area contributed by atoms with Crippen molar-refractivity contribution in [3.63, 3.8) is 0 Å². The molecule has 42 heavy (non-hydrogen) atoms. The van der Waals surface area contributed by atoms with E-state index >= 15 is 0 Å². The third kappa shape index (κ3) is 5.01. The lowest BCUT2D eigenvalue weighted by atomic mass is 9.92. The van der Waals surface area contributed by atoms with Crippen LogP contribution in [0.3, 0.4) is 0 Å². The molecule has 0 aliphatic rings. The number of hydrogen-bond donors (Lipinski definition) is 0. The molecule has 0 spiro atoms. The molecule has 210 valence electrons. The lowest BCUT2D eigenvalue weighted by Gasteiger charge is -2.25. The maximum Gasteiger partial charge on any atom is 0.145 e. The van der Waals surface area contributed by atoms with Crippen molar-refractivity contribution in [1.29, 1.82) is 0 Å². The first-order chi connectivity index (χ1) is 20.3. The number of rotatable bonds is 7. The summed E-state index contributed by atoms with van der Waals surface area (Å²) < 4.78 is 2.43. The van der Waals surface area contributed by atoms with Gasteiger partial charge in [-0.2, -0.15) is 0 Å². The van der Waals surface area contributed by atoms with Crippen LogP contribution in [0.1, 0.15) is 50.7 Å². The zero-order valence-corrected chi connectivity index (χ0v) is 26.5. The maximum atomic E-state index is 5.28. The number of pyridine rings is 1. The second-order valence-electron chi connectivity index (χ2n) is 12.4. The topological polar surface area (TPSA) is 30.7 Å². The minimum Gasteiger partial charge on any atom is -0.292 e. The highest BCUT2D eigenvalue weighted by Crippen LogP contribution is 2.37. The van der Waals surface area contributed by atoms with Crippen LogP contribution in [0.2, 0.25) is 13.1 Å². The van der Waals surface area contributed by atoms with E-state index in [0.29, 0.717) is 11.8 Å². The second kappa shape index (κ2) is 11.2. The number of fused-ring (bicyclic) bond motifs is 1. The van der Waals surface area contributed by atoms with Crippen LogP contribution in [0.15, 0.2) is 115 Å². The van der Waals surface area contributed by atoms with Crippen LogP contribution in [0.25, 0.3) is 39.4 Å². The molecular formula is C38H39N3Si. The predicted molar refractivity (Wildman–Crippen MR) is 181 cm³/mol. The average Bonchev–Trinajstić information content (AvgIpc) is 3.40. The number of hydrogen-bond acceptors (Lipinski definition) is 2. The van der Waals surface area contributed by atoms with Gasteiger partial charge in [-0.3, -0.25) is 9.55 Å². The van der Waals surface area contributed by atoms with Crippen LogP contribution in [0.4, 0.5) is 0 Å². The normalized spacial score (nSPS) is 12.0. The zero-order valence-electron chi connectivity index (χ0n) is 25.5. The molecule has 4 heteroatoms. The van der Waals surface area contributed by atoms with Crippen molar-refractivity contribution in [2.45, 2.75) is 52.6 Å². The number of para-hydroxylation sites is 3. The Labute approximate surface area is 251 Å². The largest absolute Gasteiger partial charge is 0.292 e. The molecule has 2 aromatic heterocycles. The van der Waals surface area contributed by atoms with E-state index in [1.54, 1.807) is 0 Å². The maximum absolute atomic E-state index is 5.28. The molecular weight excluding hydrogens is 527 g/mol. The molecule has 0 saturated carbocycles. The van der Waals surface area contributed by atoms with Gasteiger partial charge in [0.05, 0.1) is 22.4 Å². The van der Waals surface area contributed by atoms with Crippen LogP contribution in [-0.4, -0.2) is 22.6 Å². The molecule has 0 N–H and O–H groups in total. The fraction of sp³-hybridized carbons (Fsp3) is 0.211. The van der Waals surface area contributed by atoms with Gasteiger partial charge in [-0.25, -0.2) is 4.98 Å². The van der Waals surface area contributed by atoms with E-state index < -0.39 is 8.07 Å². The van der Waals surface area contributed by atoms with Gasteiger partial charge in [0.15, 0.2) is 0 Å². The lowest BCUT2D eigenvalue weighted by molar-refractivity contribution is 0.811. The summed E-state index contributed by atoms with van der Waals surface area (Å²) in [6.07, 6.45) is 1.86. The minimum absolute atomic E-state index is 0.386. The Morgan fingerprint density at radius 1 is 0.619 bits per heavy atom. The third-order valence-corrected chi connectivity index (χ3v) is 12.0. The molecule has 0 bridgehead atoms. The SMILES string of the molecule is CC(C)c1cccc(C(C)C)c1-n1c(-c2cccc([Si](C)(C)c3cccc(-c4ccccn4)c3)c2)nc2ccccc21. The summed E-state index contributed by atoms with van der Waals surface area (Å²) in [5.41, 5.74) is 9.47. The molecule has 4 aromatic carbocycles. The van der Waals surface area contributed by atoms with E-state index in [1.807, 2.05) is 12.3 Å². The summed E-state index contributed by atoms with van der Waals surface area (Å²) in [5, 5.41) is 2.78. The van der Waals surface area contributed by atoms with E-state index in [-0.39, 0.29) is 0 Å².